The quantitative estimate of drug-likeness (QED) is 0.369. The summed E-state index contributed by atoms with van der Waals surface area (Å²) < 4.78 is 11.5. The molecule has 2 aromatic rings. The first-order valence-electron chi connectivity index (χ1n) is 10.3. The molecule has 0 saturated carbocycles. The number of hydrogen-bond donors (Lipinski definition) is 0. The molecule has 2 amide bonds. The van der Waals surface area contributed by atoms with Crippen molar-refractivity contribution in [2.75, 3.05) is 19.8 Å². The van der Waals surface area contributed by atoms with Crippen molar-refractivity contribution in [3.63, 3.8) is 0 Å². The third-order valence-corrected chi connectivity index (χ3v) is 5.57. The number of amides is 2. The molecule has 1 aliphatic rings. The van der Waals surface area contributed by atoms with Crippen LogP contribution < -0.4 is 9.47 Å². The Hall–Kier alpha value is -2.73. The van der Waals surface area contributed by atoms with Gasteiger partial charge in [-0.2, -0.15) is 0 Å². The summed E-state index contributed by atoms with van der Waals surface area (Å²) in [6, 6.07) is 15.4. The number of imide groups is 1. The lowest BCUT2D eigenvalue weighted by Crippen LogP contribution is -2.30. The minimum absolute atomic E-state index is 0.230. The van der Waals surface area contributed by atoms with Crippen molar-refractivity contribution in [2.24, 2.45) is 0 Å². The molecule has 0 bridgehead atoms. The predicted octanol–water partition coefficient (Wildman–Crippen LogP) is 5.54. The van der Waals surface area contributed by atoms with Crippen LogP contribution in [-0.2, 0) is 11.2 Å². The Balaban J connectivity index is 1.71. The van der Waals surface area contributed by atoms with E-state index in [-0.39, 0.29) is 11.1 Å². The zero-order chi connectivity index (χ0) is 21.3. The molecule has 5 nitrogen and oxygen atoms in total. The van der Waals surface area contributed by atoms with E-state index in [0.717, 1.165) is 35.7 Å². The summed E-state index contributed by atoms with van der Waals surface area (Å²) >= 11 is 0.979. The average Bonchev–Trinajstić information content (AvgIpc) is 3.01. The molecule has 0 spiro atoms. The first kappa shape index (κ1) is 22.0. The Labute approximate surface area is 182 Å². The molecule has 0 N–H and O–H groups in total. The average molecular weight is 426 g/mol. The van der Waals surface area contributed by atoms with Crippen LogP contribution in [0.1, 0.15) is 37.8 Å². The maximum absolute atomic E-state index is 12.8. The summed E-state index contributed by atoms with van der Waals surface area (Å²) in [4.78, 5) is 26.9. The third-order valence-electron chi connectivity index (χ3n) is 4.66. The molecule has 1 saturated heterocycles. The van der Waals surface area contributed by atoms with Crippen LogP contribution in [0.25, 0.3) is 6.08 Å². The van der Waals surface area contributed by atoms with E-state index in [2.05, 4.69) is 6.92 Å². The maximum Gasteiger partial charge on any atom is 0.293 e. The van der Waals surface area contributed by atoms with Gasteiger partial charge in [0.1, 0.15) is 0 Å². The summed E-state index contributed by atoms with van der Waals surface area (Å²) in [5.41, 5.74) is 1.90. The number of unbranched alkanes of at least 4 members (excludes halogenated alkanes) is 1. The van der Waals surface area contributed by atoms with Crippen molar-refractivity contribution >= 4 is 29.0 Å². The summed E-state index contributed by atoms with van der Waals surface area (Å²) in [5, 5.41) is -0.230. The molecule has 30 heavy (non-hydrogen) atoms. The van der Waals surface area contributed by atoms with Crippen molar-refractivity contribution in [2.45, 2.75) is 33.1 Å². The van der Waals surface area contributed by atoms with E-state index in [9.17, 15) is 9.59 Å². The summed E-state index contributed by atoms with van der Waals surface area (Å²) in [6.07, 6.45) is 4.42. The smallest absolute Gasteiger partial charge is 0.293 e. The largest absolute Gasteiger partial charge is 0.490 e. The summed E-state index contributed by atoms with van der Waals surface area (Å²) in [6.45, 7) is 5.56. The van der Waals surface area contributed by atoms with Crippen LogP contribution in [0.3, 0.4) is 0 Å². The minimum Gasteiger partial charge on any atom is -0.490 e. The van der Waals surface area contributed by atoms with Crippen LogP contribution in [0.4, 0.5) is 4.79 Å². The maximum atomic E-state index is 12.8. The van der Waals surface area contributed by atoms with Crippen LogP contribution >= 0.6 is 11.8 Å². The molecule has 0 aliphatic carbocycles. The molecule has 1 fully saturated rings. The first-order valence-corrected chi connectivity index (χ1v) is 11.1. The highest BCUT2D eigenvalue weighted by Crippen LogP contribution is 2.34. The molecule has 3 rings (SSSR count). The number of ether oxygens (including phenoxy) is 2. The topological polar surface area (TPSA) is 55.8 Å². The van der Waals surface area contributed by atoms with Crippen LogP contribution in [0.5, 0.6) is 11.5 Å². The number of carbonyl (C=O) groups is 2. The van der Waals surface area contributed by atoms with Gasteiger partial charge in [-0.3, -0.25) is 14.5 Å². The highest BCUT2D eigenvalue weighted by molar-refractivity contribution is 8.18. The molecule has 6 heteroatoms. The standard InChI is InChI=1S/C24H27NO4S/c1-3-5-15-29-20-12-11-19(16-21(20)28-4-2)17-22-23(26)25(24(27)30-22)14-13-18-9-7-6-8-10-18/h6-12,16-17H,3-5,13-15H2,1-2H3/b22-17-. The van der Waals surface area contributed by atoms with E-state index in [1.807, 2.05) is 55.5 Å². The van der Waals surface area contributed by atoms with Crippen molar-refractivity contribution in [3.8, 4) is 11.5 Å². The fourth-order valence-electron chi connectivity index (χ4n) is 3.06. The normalized spacial score (nSPS) is 15.1. The van der Waals surface area contributed by atoms with Gasteiger partial charge in [-0.1, -0.05) is 49.7 Å². The Morgan fingerprint density at radius 1 is 1.00 bits per heavy atom. The van der Waals surface area contributed by atoms with E-state index < -0.39 is 0 Å². The lowest BCUT2D eigenvalue weighted by atomic mass is 10.1. The number of nitrogens with zero attached hydrogens (tertiary/aromatic N) is 1. The zero-order valence-electron chi connectivity index (χ0n) is 17.4. The lowest BCUT2D eigenvalue weighted by molar-refractivity contribution is -0.122. The third kappa shape index (κ3) is 5.66. The van der Waals surface area contributed by atoms with Gasteiger partial charge < -0.3 is 9.47 Å². The number of carbonyl (C=O) groups excluding carboxylic acids is 2. The second kappa shape index (κ2) is 10.9. The number of benzene rings is 2. The van der Waals surface area contributed by atoms with Gasteiger partial charge in [-0.05, 0) is 60.9 Å². The monoisotopic (exact) mass is 425 g/mol. The molecular weight excluding hydrogens is 398 g/mol. The number of hydrogen-bond acceptors (Lipinski definition) is 5. The Bertz CT molecular complexity index is 911. The SMILES string of the molecule is CCCCOc1ccc(/C=C2\SC(=O)N(CCc3ccccc3)C2=O)cc1OCC. The van der Waals surface area contributed by atoms with Crippen molar-refractivity contribution < 1.29 is 19.1 Å². The zero-order valence-corrected chi connectivity index (χ0v) is 18.2. The molecule has 1 heterocycles. The minimum atomic E-state index is -0.248. The van der Waals surface area contributed by atoms with Crippen LogP contribution in [0, 0.1) is 0 Å². The molecule has 2 aromatic carbocycles. The molecular formula is C24H27NO4S. The number of rotatable bonds is 10. The van der Waals surface area contributed by atoms with Gasteiger partial charge in [0.2, 0.25) is 0 Å². The van der Waals surface area contributed by atoms with Gasteiger partial charge in [0.25, 0.3) is 11.1 Å². The highest BCUT2D eigenvalue weighted by Gasteiger charge is 2.34. The molecule has 0 aromatic heterocycles. The molecule has 0 radical (unpaired) electrons. The lowest BCUT2D eigenvalue weighted by Gasteiger charge is -2.13. The van der Waals surface area contributed by atoms with Gasteiger partial charge in [-0.15, -0.1) is 0 Å². The van der Waals surface area contributed by atoms with Crippen LogP contribution in [0.15, 0.2) is 53.4 Å². The van der Waals surface area contributed by atoms with Crippen LogP contribution in [0.2, 0.25) is 0 Å². The van der Waals surface area contributed by atoms with Crippen molar-refractivity contribution in [1.29, 1.82) is 0 Å². The van der Waals surface area contributed by atoms with Crippen molar-refractivity contribution in [1.82, 2.24) is 4.90 Å². The van der Waals surface area contributed by atoms with E-state index in [4.69, 9.17) is 9.47 Å². The highest BCUT2D eigenvalue weighted by atomic mass is 32.2. The van der Waals surface area contributed by atoms with Gasteiger partial charge >= 0.3 is 0 Å². The van der Waals surface area contributed by atoms with Gasteiger partial charge in [0, 0.05) is 6.54 Å². The second-order valence-electron chi connectivity index (χ2n) is 6.91. The van der Waals surface area contributed by atoms with E-state index >= 15 is 0 Å². The van der Waals surface area contributed by atoms with E-state index in [0.29, 0.717) is 42.6 Å². The van der Waals surface area contributed by atoms with Gasteiger partial charge in [-0.25, -0.2) is 0 Å². The van der Waals surface area contributed by atoms with Crippen LogP contribution in [-0.4, -0.2) is 35.8 Å². The molecule has 0 atom stereocenters. The Morgan fingerprint density at radius 3 is 2.53 bits per heavy atom. The van der Waals surface area contributed by atoms with Crippen molar-refractivity contribution in [3.05, 3.63) is 64.6 Å². The molecule has 0 unspecified atom stereocenters. The first-order chi connectivity index (χ1) is 14.6. The Kier molecular flexibility index (Phi) is 7.97. The Morgan fingerprint density at radius 2 is 1.80 bits per heavy atom. The fourth-order valence-corrected chi connectivity index (χ4v) is 3.92. The fraction of sp³-hybridized carbons (Fsp3) is 0.333. The summed E-state index contributed by atoms with van der Waals surface area (Å²) in [5.74, 6) is 1.09. The van der Waals surface area contributed by atoms with Gasteiger partial charge in [0.05, 0.1) is 18.1 Å². The van der Waals surface area contributed by atoms with Gasteiger partial charge in [0.15, 0.2) is 11.5 Å². The van der Waals surface area contributed by atoms with E-state index in [1.54, 1.807) is 6.08 Å². The predicted molar refractivity (Wildman–Crippen MR) is 121 cm³/mol. The molecule has 1 aliphatic heterocycles. The molecule has 158 valence electrons. The second-order valence-corrected chi connectivity index (χ2v) is 7.90. The number of thioether (sulfide) groups is 1. The van der Waals surface area contributed by atoms with E-state index in [1.165, 1.54) is 4.90 Å². The summed E-state index contributed by atoms with van der Waals surface area (Å²) in [7, 11) is 0.